The molecular formula is C11H22O2. The Kier molecular flexibility index (Phi) is 5.07. The Morgan fingerprint density at radius 3 is 1.85 bits per heavy atom. The van der Waals surface area contributed by atoms with Crippen LogP contribution in [0.25, 0.3) is 0 Å². The molecule has 0 aromatic rings. The smallest absolute Gasteiger partial charge is 0.0995 e. The third-order valence-corrected chi connectivity index (χ3v) is 2.32. The maximum atomic E-state index is 9.83. The van der Waals surface area contributed by atoms with E-state index in [9.17, 15) is 5.11 Å². The number of aliphatic hydroxyl groups excluding tert-OH is 1. The summed E-state index contributed by atoms with van der Waals surface area (Å²) in [5.41, 5.74) is 1.13. The van der Waals surface area contributed by atoms with Crippen molar-refractivity contribution in [1.82, 2.24) is 0 Å². The van der Waals surface area contributed by atoms with E-state index in [0.29, 0.717) is 0 Å². The van der Waals surface area contributed by atoms with Gasteiger partial charge in [0.05, 0.1) is 19.0 Å². The Balaban J connectivity index is 4.57. The molecule has 2 nitrogen and oxygen atoms in total. The molecule has 0 saturated heterocycles. The highest BCUT2D eigenvalue weighted by Crippen LogP contribution is 2.23. The zero-order chi connectivity index (χ0) is 10.6. The van der Waals surface area contributed by atoms with Crippen LogP contribution in [0.5, 0.6) is 0 Å². The molecule has 2 heteroatoms. The van der Waals surface area contributed by atoms with Gasteiger partial charge in [-0.05, 0) is 25.3 Å². The van der Waals surface area contributed by atoms with Crippen LogP contribution in [-0.2, 0) is 4.74 Å². The highest BCUT2D eigenvalue weighted by atomic mass is 16.5. The average Bonchev–Trinajstić information content (AvgIpc) is 2.03. The first kappa shape index (κ1) is 12.5. The summed E-state index contributed by atoms with van der Waals surface area (Å²) in [7, 11) is 1.66. The zero-order valence-corrected chi connectivity index (χ0v) is 9.59. The number of allylic oxidation sites excluding steroid dienone is 1. The molecule has 2 unspecified atom stereocenters. The van der Waals surface area contributed by atoms with E-state index in [1.54, 1.807) is 7.11 Å². The van der Waals surface area contributed by atoms with Crippen LogP contribution in [0.4, 0.5) is 0 Å². The first-order valence-corrected chi connectivity index (χ1v) is 4.81. The van der Waals surface area contributed by atoms with Crippen molar-refractivity contribution >= 4 is 0 Å². The number of rotatable bonds is 4. The minimum absolute atomic E-state index is 0.0787. The van der Waals surface area contributed by atoms with Gasteiger partial charge in [-0.15, -0.1) is 0 Å². The summed E-state index contributed by atoms with van der Waals surface area (Å²) < 4.78 is 5.26. The summed E-state index contributed by atoms with van der Waals surface area (Å²) in [5.74, 6) is 1.25. The van der Waals surface area contributed by atoms with Crippen LogP contribution < -0.4 is 0 Å². The average molecular weight is 186 g/mol. The van der Waals surface area contributed by atoms with Crippen molar-refractivity contribution in [2.75, 3.05) is 7.11 Å². The van der Waals surface area contributed by atoms with Crippen molar-refractivity contribution in [3.8, 4) is 0 Å². The van der Waals surface area contributed by atoms with Crippen LogP contribution in [0.3, 0.4) is 0 Å². The van der Waals surface area contributed by atoms with Crippen LogP contribution in [0.1, 0.15) is 34.6 Å². The Hall–Kier alpha value is -0.500. The van der Waals surface area contributed by atoms with Crippen molar-refractivity contribution in [3.63, 3.8) is 0 Å². The molecule has 0 aliphatic heterocycles. The summed E-state index contributed by atoms with van der Waals surface area (Å²) >= 11 is 0. The summed E-state index contributed by atoms with van der Waals surface area (Å²) in [6.45, 7) is 10.0. The molecule has 0 spiro atoms. The standard InChI is InChI=1S/C11H22O2/c1-7(2)10(12)9(5)11(13-6)8(3)4/h7,9-10,12H,1-6H3. The fraction of sp³-hybridized carbons (Fsp3) is 0.818. The fourth-order valence-corrected chi connectivity index (χ4v) is 1.58. The normalized spacial score (nSPS) is 15.4. The number of aliphatic hydroxyl groups is 1. The second kappa shape index (κ2) is 5.28. The molecule has 0 aliphatic carbocycles. The third-order valence-electron chi connectivity index (χ3n) is 2.32. The molecule has 13 heavy (non-hydrogen) atoms. The highest BCUT2D eigenvalue weighted by molar-refractivity contribution is 5.07. The fourth-order valence-electron chi connectivity index (χ4n) is 1.58. The molecule has 0 saturated carbocycles. The van der Waals surface area contributed by atoms with Gasteiger partial charge in [0, 0.05) is 5.92 Å². The lowest BCUT2D eigenvalue weighted by atomic mass is 9.92. The van der Waals surface area contributed by atoms with Crippen LogP contribution >= 0.6 is 0 Å². The summed E-state index contributed by atoms with van der Waals surface area (Å²) in [6, 6.07) is 0. The van der Waals surface area contributed by atoms with Crippen LogP contribution in [0, 0.1) is 11.8 Å². The summed E-state index contributed by atoms with van der Waals surface area (Å²) in [4.78, 5) is 0. The van der Waals surface area contributed by atoms with Crippen molar-refractivity contribution in [1.29, 1.82) is 0 Å². The Bertz CT molecular complexity index is 179. The molecule has 0 fully saturated rings. The van der Waals surface area contributed by atoms with E-state index in [4.69, 9.17) is 4.74 Å². The first-order chi connectivity index (χ1) is 5.91. The van der Waals surface area contributed by atoms with E-state index in [1.807, 2.05) is 34.6 Å². The topological polar surface area (TPSA) is 29.5 Å². The maximum Gasteiger partial charge on any atom is 0.0995 e. The van der Waals surface area contributed by atoms with Crippen molar-refractivity contribution < 1.29 is 9.84 Å². The molecule has 78 valence electrons. The quantitative estimate of drug-likeness (QED) is 0.684. The molecule has 0 aromatic carbocycles. The molecule has 0 amide bonds. The molecule has 1 N–H and O–H groups in total. The van der Waals surface area contributed by atoms with Crippen molar-refractivity contribution in [2.24, 2.45) is 11.8 Å². The van der Waals surface area contributed by atoms with E-state index in [-0.39, 0.29) is 17.9 Å². The molecule has 2 atom stereocenters. The second-order valence-electron chi connectivity index (χ2n) is 4.09. The van der Waals surface area contributed by atoms with Crippen LogP contribution in [0.2, 0.25) is 0 Å². The van der Waals surface area contributed by atoms with Gasteiger partial charge in [0.1, 0.15) is 0 Å². The zero-order valence-electron chi connectivity index (χ0n) is 9.59. The van der Waals surface area contributed by atoms with Gasteiger partial charge in [0.2, 0.25) is 0 Å². The largest absolute Gasteiger partial charge is 0.501 e. The monoisotopic (exact) mass is 186 g/mol. The SMILES string of the molecule is COC(=C(C)C)C(C)C(O)C(C)C. The van der Waals surface area contributed by atoms with Gasteiger partial charge in [-0.3, -0.25) is 0 Å². The van der Waals surface area contributed by atoms with Crippen molar-refractivity contribution in [3.05, 3.63) is 11.3 Å². The molecule has 0 aromatic heterocycles. The lowest BCUT2D eigenvalue weighted by Crippen LogP contribution is -2.26. The third kappa shape index (κ3) is 3.39. The van der Waals surface area contributed by atoms with Crippen molar-refractivity contribution in [2.45, 2.75) is 40.7 Å². The number of methoxy groups -OCH3 is 1. The van der Waals surface area contributed by atoms with E-state index < -0.39 is 0 Å². The molecule has 0 bridgehead atoms. The summed E-state index contributed by atoms with van der Waals surface area (Å²) in [6.07, 6.45) is -0.329. The number of hydrogen-bond acceptors (Lipinski definition) is 2. The first-order valence-electron chi connectivity index (χ1n) is 4.81. The molecule has 0 radical (unpaired) electrons. The highest BCUT2D eigenvalue weighted by Gasteiger charge is 2.22. The Morgan fingerprint density at radius 2 is 1.62 bits per heavy atom. The predicted molar refractivity (Wildman–Crippen MR) is 55.4 cm³/mol. The van der Waals surface area contributed by atoms with Gasteiger partial charge in [-0.25, -0.2) is 0 Å². The minimum atomic E-state index is -0.329. The number of hydrogen-bond donors (Lipinski definition) is 1. The Labute approximate surface area is 81.6 Å². The molecular weight excluding hydrogens is 164 g/mol. The maximum absolute atomic E-state index is 9.83. The van der Waals surface area contributed by atoms with Gasteiger partial charge in [-0.2, -0.15) is 0 Å². The lowest BCUT2D eigenvalue weighted by Gasteiger charge is -2.24. The Morgan fingerprint density at radius 1 is 1.15 bits per heavy atom. The number of ether oxygens (including phenoxy) is 1. The van der Waals surface area contributed by atoms with E-state index >= 15 is 0 Å². The van der Waals surface area contributed by atoms with Crippen LogP contribution in [0.15, 0.2) is 11.3 Å². The second-order valence-corrected chi connectivity index (χ2v) is 4.09. The van der Waals surface area contributed by atoms with Gasteiger partial charge in [0.25, 0.3) is 0 Å². The molecule has 0 rings (SSSR count). The lowest BCUT2D eigenvalue weighted by molar-refractivity contribution is 0.0603. The summed E-state index contributed by atoms with van der Waals surface area (Å²) in [5, 5.41) is 9.83. The predicted octanol–water partition coefficient (Wildman–Crippen LogP) is 2.58. The molecule has 0 aliphatic rings. The van der Waals surface area contributed by atoms with Gasteiger partial charge in [0.15, 0.2) is 0 Å². The van der Waals surface area contributed by atoms with E-state index in [0.717, 1.165) is 11.3 Å². The molecule has 0 heterocycles. The van der Waals surface area contributed by atoms with Gasteiger partial charge >= 0.3 is 0 Å². The van der Waals surface area contributed by atoms with Crippen LogP contribution in [-0.4, -0.2) is 18.3 Å². The van der Waals surface area contributed by atoms with Gasteiger partial charge < -0.3 is 9.84 Å². The van der Waals surface area contributed by atoms with Gasteiger partial charge in [-0.1, -0.05) is 20.8 Å². The minimum Gasteiger partial charge on any atom is -0.501 e. The van der Waals surface area contributed by atoms with E-state index in [2.05, 4.69) is 0 Å². The van der Waals surface area contributed by atoms with E-state index in [1.165, 1.54) is 0 Å².